The van der Waals surface area contributed by atoms with Gasteiger partial charge in [-0.1, -0.05) is 18.2 Å². The van der Waals surface area contributed by atoms with E-state index in [1.807, 2.05) is 30.1 Å². The summed E-state index contributed by atoms with van der Waals surface area (Å²) in [6, 6.07) is 8.56. The number of benzene rings is 1. The third-order valence-corrected chi connectivity index (χ3v) is 5.11. The van der Waals surface area contributed by atoms with E-state index < -0.39 is 0 Å². The molecule has 2 N–H and O–H groups in total. The summed E-state index contributed by atoms with van der Waals surface area (Å²) in [5.74, 6) is 1.72. The molecule has 0 fully saturated rings. The van der Waals surface area contributed by atoms with Crippen molar-refractivity contribution < 1.29 is 4.74 Å². The van der Waals surface area contributed by atoms with E-state index in [0.29, 0.717) is 0 Å². The molecule has 1 aromatic carbocycles. The summed E-state index contributed by atoms with van der Waals surface area (Å²) in [6.45, 7) is 4.98. The fraction of sp³-hybridized carbons (Fsp3) is 0.524. The number of hydrogen-bond acceptors (Lipinski definition) is 4. The van der Waals surface area contributed by atoms with Gasteiger partial charge in [0.1, 0.15) is 11.4 Å². The first-order valence-corrected chi connectivity index (χ1v) is 9.69. The Labute approximate surface area is 190 Å². The zero-order valence-electron chi connectivity index (χ0n) is 18.1. The molecule has 0 saturated heterocycles. The van der Waals surface area contributed by atoms with Crippen molar-refractivity contribution in [3.05, 3.63) is 47.8 Å². The SMILES string of the molecule is CN=C(NCC(c1cnn(C)c1)N(C)C)NC1CC(C)(C)Oc2ccccc21.I. The van der Waals surface area contributed by atoms with Gasteiger partial charge in [-0.15, -0.1) is 24.0 Å². The quantitative estimate of drug-likeness (QED) is 0.366. The van der Waals surface area contributed by atoms with Gasteiger partial charge in [0, 0.05) is 44.4 Å². The Kier molecular flexibility index (Phi) is 7.93. The molecule has 3 rings (SSSR count). The summed E-state index contributed by atoms with van der Waals surface area (Å²) in [4.78, 5) is 6.63. The standard InChI is InChI=1S/C21H32N6O.HI/c1-21(2)11-17(16-9-7-8-10-19(16)28-21)25-20(22-3)23-13-18(26(4)5)15-12-24-27(6)14-15;/h7-10,12,14,17-18H,11,13H2,1-6H3,(H2,22,23,25);1H. The highest BCUT2D eigenvalue weighted by Crippen LogP contribution is 2.39. The summed E-state index contributed by atoms with van der Waals surface area (Å²) >= 11 is 0. The molecule has 7 nitrogen and oxygen atoms in total. The van der Waals surface area contributed by atoms with Gasteiger partial charge in [-0.05, 0) is 34.0 Å². The lowest BCUT2D eigenvalue weighted by Crippen LogP contribution is -2.46. The molecule has 2 aromatic rings. The van der Waals surface area contributed by atoms with Gasteiger partial charge in [0.15, 0.2) is 5.96 Å². The Morgan fingerprint density at radius 3 is 2.72 bits per heavy atom. The minimum absolute atomic E-state index is 0. The average molecular weight is 512 g/mol. The van der Waals surface area contributed by atoms with Gasteiger partial charge in [-0.25, -0.2) is 0 Å². The van der Waals surface area contributed by atoms with Crippen molar-refractivity contribution in [2.75, 3.05) is 27.7 Å². The second kappa shape index (κ2) is 9.80. The van der Waals surface area contributed by atoms with Crippen LogP contribution in [0.3, 0.4) is 0 Å². The first-order chi connectivity index (χ1) is 13.3. The summed E-state index contributed by atoms with van der Waals surface area (Å²) in [5.41, 5.74) is 2.11. The monoisotopic (exact) mass is 512 g/mol. The van der Waals surface area contributed by atoms with Crippen LogP contribution in [0.4, 0.5) is 0 Å². The van der Waals surface area contributed by atoms with Crippen molar-refractivity contribution >= 4 is 29.9 Å². The van der Waals surface area contributed by atoms with Crippen molar-refractivity contribution in [3.8, 4) is 5.75 Å². The van der Waals surface area contributed by atoms with E-state index in [-0.39, 0.29) is 41.7 Å². The number of likely N-dealkylation sites (N-methyl/N-ethyl adjacent to an activating group) is 1. The first-order valence-electron chi connectivity index (χ1n) is 9.69. The van der Waals surface area contributed by atoms with Gasteiger partial charge < -0.3 is 20.3 Å². The Bertz CT molecular complexity index is 832. The van der Waals surface area contributed by atoms with Crippen LogP contribution >= 0.6 is 24.0 Å². The maximum Gasteiger partial charge on any atom is 0.191 e. The maximum atomic E-state index is 6.14. The fourth-order valence-corrected chi connectivity index (χ4v) is 3.69. The first kappa shape index (κ1) is 23.5. The van der Waals surface area contributed by atoms with Gasteiger partial charge in [-0.3, -0.25) is 9.67 Å². The van der Waals surface area contributed by atoms with Crippen LogP contribution in [-0.2, 0) is 7.05 Å². The fourth-order valence-electron chi connectivity index (χ4n) is 3.69. The van der Waals surface area contributed by atoms with E-state index in [9.17, 15) is 0 Å². The van der Waals surface area contributed by atoms with Crippen LogP contribution in [0.1, 0.15) is 43.5 Å². The van der Waals surface area contributed by atoms with Crippen LogP contribution in [0, 0.1) is 0 Å². The number of halogens is 1. The number of aromatic nitrogens is 2. The van der Waals surface area contributed by atoms with Crippen LogP contribution in [0.25, 0.3) is 0 Å². The molecule has 160 valence electrons. The molecule has 0 radical (unpaired) electrons. The van der Waals surface area contributed by atoms with Gasteiger partial charge in [0.25, 0.3) is 0 Å². The van der Waals surface area contributed by atoms with Gasteiger partial charge in [-0.2, -0.15) is 5.10 Å². The predicted octanol–water partition coefficient (Wildman–Crippen LogP) is 3.11. The third-order valence-electron chi connectivity index (χ3n) is 5.11. The molecule has 8 heteroatoms. The van der Waals surface area contributed by atoms with E-state index in [2.05, 4.69) is 71.9 Å². The Balaban J connectivity index is 0.00000300. The van der Waals surface area contributed by atoms with Crippen LogP contribution in [-0.4, -0.2) is 53.9 Å². The number of fused-ring (bicyclic) bond motifs is 1. The van der Waals surface area contributed by atoms with Crippen molar-refractivity contribution in [1.82, 2.24) is 25.3 Å². The molecule has 2 unspecified atom stereocenters. The molecular weight excluding hydrogens is 479 g/mol. The van der Waals surface area contributed by atoms with E-state index in [0.717, 1.165) is 24.7 Å². The Morgan fingerprint density at radius 1 is 1.38 bits per heavy atom. The van der Waals surface area contributed by atoms with Gasteiger partial charge in [0.05, 0.1) is 18.3 Å². The Morgan fingerprint density at radius 2 is 2.10 bits per heavy atom. The van der Waals surface area contributed by atoms with Crippen molar-refractivity contribution in [2.45, 2.75) is 38.0 Å². The van der Waals surface area contributed by atoms with Crippen LogP contribution in [0.5, 0.6) is 5.75 Å². The lowest BCUT2D eigenvalue weighted by molar-refractivity contribution is 0.0694. The summed E-state index contributed by atoms with van der Waals surface area (Å²) in [7, 11) is 7.90. The zero-order chi connectivity index (χ0) is 20.3. The van der Waals surface area contributed by atoms with E-state index >= 15 is 0 Å². The minimum Gasteiger partial charge on any atom is -0.487 e. The molecule has 2 heterocycles. The molecular formula is C21H33IN6O. The van der Waals surface area contributed by atoms with E-state index in [1.165, 1.54) is 11.1 Å². The van der Waals surface area contributed by atoms with E-state index in [1.54, 1.807) is 7.05 Å². The van der Waals surface area contributed by atoms with Gasteiger partial charge >= 0.3 is 0 Å². The second-order valence-electron chi connectivity index (χ2n) is 8.18. The highest BCUT2D eigenvalue weighted by molar-refractivity contribution is 14.0. The molecule has 0 amide bonds. The molecule has 0 aliphatic carbocycles. The Hall–Kier alpha value is -1.81. The smallest absolute Gasteiger partial charge is 0.191 e. The summed E-state index contributed by atoms with van der Waals surface area (Å²) in [5, 5.41) is 11.4. The predicted molar refractivity (Wildman–Crippen MR) is 128 cm³/mol. The number of para-hydroxylation sites is 1. The number of nitrogens with one attached hydrogen (secondary N) is 2. The number of hydrogen-bond donors (Lipinski definition) is 2. The van der Waals surface area contributed by atoms with Crippen LogP contribution in [0.15, 0.2) is 41.7 Å². The third kappa shape index (κ3) is 5.85. The molecule has 29 heavy (non-hydrogen) atoms. The van der Waals surface area contributed by atoms with Crippen LogP contribution in [0.2, 0.25) is 0 Å². The molecule has 1 aliphatic rings. The molecule has 0 bridgehead atoms. The maximum absolute atomic E-state index is 6.14. The molecule has 2 atom stereocenters. The van der Waals surface area contributed by atoms with Gasteiger partial charge in [0.2, 0.25) is 0 Å². The lowest BCUT2D eigenvalue weighted by Gasteiger charge is -2.38. The molecule has 1 aliphatic heterocycles. The lowest BCUT2D eigenvalue weighted by atomic mass is 9.90. The number of aliphatic imine (C=N–C) groups is 1. The van der Waals surface area contributed by atoms with Crippen LogP contribution < -0.4 is 15.4 Å². The topological polar surface area (TPSA) is 66.7 Å². The molecule has 0 saturated carbocycles. The zero-order valence-corrected chi connectivity index (χ0v) is 20.5. The summed E-state index contributed by atoms with van der Waals surface area (Å²) < 4.78 is 7.97. The average Bonchev–Trinajstić information content (AvgIpc) is 3.05. The number of rotatable bonds is 5. The van der Waals surface area contributed by atoms with Crippen molar-refractivity contribution in [2.24, 2.45) is 12.0 Å². The highest BCUT2D eigenvalue weighted by Gasteiger charge is 2.34. The normalized spacial score (nSPS) is 19.0. The number of nitrogens with zero attached hydrogens (tertiary/aromatic N) is 4. The minimum atomic E-state index is -0.229. The van der Waals surface area contributed by atoms with Crippen molar-refractivity contribution in [1.29, 1.82) is 0 Å². The number of aryl methyl sites for hydroxylation is 1. The highest BCUT2D eigenvalue weighted by atomic mass is 127. The van der Waals surface area contributed by atoms with Crippen molar-refractivity contribution in [3.63, 3.8) is 0 Å². The largest absolute Gasteiger partial charge is 0.487 e. The van der Waals surface area contributed by atoms with E-state index in [4.69, 9.17) is 4.74 Å². The second-order valence-corrected chi connectivity index (χ2v) is 8.18. The summed E-state index contributed by atoms with van der Waals surface area (Å²) in [6.07, 6.45) is 4.84. The molecule has 0 spiro atoms. The molecule has 1 aromatic heterocycles. The number of ether oxygens (including phenoxy) is 1. The number of guanidine groups is 1.